The monoisotopic (exact) mass is 360 g/mol. The van der Waals surface area contributed by atoms with Crippen LogP contribution >= 0.6 is 0 Å². The predicted octanol–water partition coefficient (Wildman–Crippen LogP) is 1.39. The SMILES string of the molecule is C=C(C)C(=O)/C(=C/C(=O)O)OCNC(=O)Cc1ccc(NC(C)=O)cc1. The van der Waals surface area contributed by atoms with Crippen molar-refractivity contribution in [2.75, 3.05) is 12.0 Å². The zero-order valence-electron chi connectivity index (χ0n) is 14.5. The summed E-state index contributed by atoms with van der Waals surface area (Å²) in [5.41, 5.74) is 1.44. The van der Waals surface area contributed by atoms with Crippen molar-refractivity contribution in [3.8, 4) is 0 Å². The van der Waals surface area contributed by atoms with Gasteiger partial charge in [0.05, 0.1) is 12.5 Å². The number of Topliss-reactive ketones (excluding diaryl/α,β-unsaturated/α-hetero) is 1. The van der Waals surface area contributed by atoms with E-state index in [4.69, 9.17) is 9.84 Å². The second kappa shape index (κ2) is 9.77. The standard InChI is InChI=1S/C18H20N2O6/c1-11(2)18(25)15(9-17(23)24)26-10-19-16(22)8-13-4-6-14(7-5-13)20-12(3)21/h4-7,9H,1,8,10H2,2-3H3,(H,19,22)(H,20,21)(H,23,24)/b15-9-. The van der Waals surface area contributed by atoms with Gasteiger partial charge in [-0.3, -0.25) is 14.4 Å². The Kier molecular flexibility index (Phi) is 7.75. The van der Waals surface area contributed by atoms with Crippen molar-refractivity contribution in [2.24, 2.45) is 0 Å². The summed E-state index contributed by atoms with van der Waals surface area (Å²) in [6.45, 7) is 5.89. The van der Waals surface area contributed by atoms with Gasteiger partial charge >= 0.3 is 5.97 Å². The normalized spacial score (nSPS) is 10.6. The van der Waals surface area contributed by atoms with Crippen molar-refractivity contribution in [3.05, 3.63) is 53.8 Å². The van der Waals surface area contributed by atoms with Crippen molar-refractivity contribution in [1.82, 2.24) is 5.32 Å². The smallest absolute Gasteiger partial charge is 0.332 e. The fraction of sp³-hybridized carbons (Fsp3) is 0.222. The first kappa shape index (κ1) is 20.6. The first-order valence-corrected chi connectivity index (χ1v) is 7.60. The number of carboxylic acids is 1. The molecule has 0 aliphatic carbocycles. The predicted molar refractivity (Wildman–Crippen MR) is 94.1 cm³/mol. The summed E-state index contributed by atoms with van der Waals surface area (Å²) in [6, 6.07) is 6.71. The van der Waals surface area contributed by atoms with Crippen molar-refractivity contribution in [3.63, 3.8) is 0 Å². The number of rotatable bonds is 9. The van der Waals surface area contributed by atoms with Crippen molar-refractivity contribution in [1.29, 1.82) is 0 Å². The summed E-state index contributed by atoms with van der Waals surface area (Å²) in [4.78, 5) is 45.3. The van der Waals surface area contributed by atoms with E-state index in [1.54, 1.807) is 24.3 Å². The second-order valence-corrected chi connectivity index (χ2v) is 5.40. The highest BCUT2D eigenvalue weighted by atomic mass is 16.5. The second-order valence-electron chi connectivity index (χ2n) is 5.40. The number of anilines is 1. The molecule has 3 N–H and O–H groups in total. The van der Waals surface area contributed by atoms with Crippen LogP contribution in [-0.4, -0.2) is 35.4 Å². The van der Waals surface area contributed by atoms with E-state index in [1.807, 2.05) is 0 Å². The fourth-order valence-electron chi connectivity index (χ4n) is 1.85. The molecule has 1 aromatic carbocycles. The van der Waals surface area contributed by atoms with Crippen LogP contribution in [-0.2, 0) is 30.3 Å². The highest BCUT2D eigenvalue weighted by molar-refractivity contribution is 6.08. The average molecular weight is 360 g/mol. The molecule has 138 valence electrons. The minimum absolute atomic E-state index is 0.0517. The Labute approximate surface area is 150 Å². The molecule has 0 unspecified atom stereocenters. The summed E-state index contributed by atoms with van der Waals surface area (Å²) in [5.74, 6) is -2.99. The number of ether oxygens (including phenoxy) is 1. The summed E-state index contributed by atoms with van der Waals surface area (Å²) in [6.07, 6.45) is 0.667. The van der Waals surface area contributed by atoms with Gasteiger partial charge < -0.3 is 20.5 Å². The molecule has 8 nitrogen and oxygen atoms in total. The fourth-order valence-corrected chi connectivity index (χ4v) is 1.85. The van der Waals surface area contributed by atoms with E-state index >= 15 is 0 Å². The number of carbonyl (C=O) groups excluding carboxylic acids is 3. The number of nitrogens with one attached hydrogen (secondary N) is 2. The Bertz CT molecular complexity index is 749. The van der Waals surface area contributed by atoms with E-state index in [0.29, 0.717) is 17.3 Å². The van der Waals surface area contributed by atoms with Gasteiger partial charge in [-0.1, -0.05) is 18.7 Å². The van der Waals surface area contributed by atoms with Gasteiger partial charge in [-0.25, -0.2) is 4.79 Å². The summed E-state index contributed by atoms with van der Waals surface area (Å²) in [7, 11) is 0. The summed E-state index contributed by atoms with van der Waals surface area (Å²) in [5, 5.41) is 13.8. The number of aliphatic carboxylic acids is 1. The average Bonchev–Trinajstić information content (AvgIpc) is 2.54. The molecule has 26 heavy (non-hydrogen) atoms. The van der Waals surface area contributed by atoms with E-state index in [-0.39, 0.29) is 30.5 Å². The van der Waals surface area contributed by atoms with E-state index in [1.165, 1.54) is 13.8 Å². The number of amides is 2. The first-order chi connectivity index (χ1) is 12.2. The van der Waals surface area contributed by atoms with Gasteiger partial charge in [0, 0.05) is 12.6 Å². The van der Waals surface area contributed by atoms with Crippen LogP contribution in [0.2, 0.25) is 0 Å². The maximum atomic E-state index is 11.9. The van der Waals surface area contributed by atoms with Crippen LogP contribution in [0.4, 0.5) is 5.69 Å². The van der Waals surface area contributed by atoms with Gasteiger partial charge in [-0.2, -0.15) is 0 Å². The largest absolute Gasteiger partial charge is 0.478 e. The minimum atomic E-state index is -1.35. The van der Waals surface area contributed by atoms with E-state index in [9.17, 15) is 19.2 Å². The zero-order valence-corrected chi connectivity index (χ0v) is 14.5. The van der Waals surface area contributed by atoms with Crippen LogP contribution in [0.5, 0.6) is 0 Å². The quantitative estimate of drug-likeness (QED) is 0.348. The van der Waals surface area contributed by atoms with Crippen LogP contribution < -0.4 is 10.6 Å². The molecule has 0 fully saturated rings. The highest BCUT2D eigenvalue weighted by Gasteiger charge is 2.14. The van der Waals surface area contributed by atoms with Gasteiger partial charge in [0.25, 0.3) is 0 Å². The number of hydrogen-bond donors (Lipinski definition) is 3. The Hall–Kier alpha value is -3.42. The van der Waals surface area contributed by atoms with Crippen molar-refractivity contribution in [2.45, 2.75) is 20.3 Å². The first-order valence-electron chi connectivity index (χ1n) is 7.60. The zero-order chi connectivity index (χ0) is 19.7. The molecule has 8 heteroatoms. The van der Waals surface area contributed by atoms with Gasteiger partial charge in [0.1, 0.15) is 0 Å². The number of hydrogen-bond acceptors (Lipinski definition) is 5. The topological polar surface area (TPSA) is 122 Å². The van der Waals surface area contributed by atoms with Crippen LogP contribution in [0.25, 0.3) is 0 Å². The summed E-state index contributed by atoms with van der Waals surface area (Å²) < 4.78 is 5.04. The molecule has 1 aromatic rings. The highest BCUT2D eigenvalue weighted by Crippen LogP contribution is 2.10. The van der Waals surface area contributed by atoms with Gasteiger partial charge in [0.15, 0.2) is 12.5 Å². The van der Waals surface area contributed by atoms with Crippen molar-refractivity contribution < 1.29 is 29.0 Å². The number of allylic oxidation sites excluding steroid dienone is 1. The maximum absolute atomic E-state index is 11.9. The minimum Gasteiger partial charge on any atom is -0.478 e. The van der Waals surface area contributed by atoms with Gasteiger partial charge in [0.2, 0.25) is 17.6 Å². The number of carboxylic acid groups (broad SMARTS) is 1. The third-order valence-electron chi connectivity index (χ3n) is 3.00. The van der Waals surface area contributed by atoms with Crippen LogP contribution in [0.15, 0.2) is 48.3 Å². The molecule has 2 amide bonds. The maximum Gasteiger partial charge on any atom is 0.332 e. The van der Waals surface area contributed by atoms with Gasteiger partial charge in [-0.15, -0.1) is 0 Å². The molecule has 0 saturated heterocycles. The molecular formula is C18H20N2O6. The number of carbonyl (C=O) groups is 4. The van der Waals surface area contributed by atoms with Crippen LogP contribution in [0.3, 0.4) is 0 Å². The van der Waals surface area contributed by atoms with E-state index in [0.717, 1.165) is 0 Å². The lowest BCUT2D eigenvalue weighted by Crippen LogP contribution is -2.28. The lowest BCUT2D eigenvalue weighted by molar-refractivity contribution is -0.132. The number of ketones is 1. The molecular weight excluding hydrogens is 340 g/mol. The molecule has 0 aliphatic heterocycles. The molecule has 0 aromatic heterocycles. The summed E-state index contributed by atoms with van der Waals surface area (Å²) >= 11 is 0. The molecule has 0 spiro atoms. The molecule has 0 radical (unpaired) electrons. The van der Waals surface area contributed by atoms with Crippen LogP contribution in [0.1, 0.15) is 19.4 Å². The Balaban J connectivity index is 2.55. The Morgan fingerprint density at radius 1 is 1.15 bits per heavy atom. The lowest BCUT2D eigenvalue weighted by atomic mass is 10.1. The van der Waals surface area contributed by atoms with Gasteiger partial charge in [-0.05, 0) is 30.2 Å². The Morgan fingerprint density at radius 3 is 2.27 bits per heavy atom. The van der Waals surface area contributed by atoms with Crippen molar-refractivity contribution >= 4 is 29.3 Å². The molecule has 0 bridgehead atoms. The molecule has 0 atom stereocenters. The molecule has 1 rings (SSSR count). The Morgan fingerprint density at radius 2 is 1.77 bits per heavy atom. The molecule has 0 heterocycles. The lowest BCUT2D eigenvalue weighted by Gasteiger charge is -2.10. The van der Waals surface area contributed by atoms with Crippen LogP contribution in [0, 0.1) is 0 Å². The van der Waals surface area contributed by atoms with E-state index < -0.39 is 17.5 Å². The third kappa shape index (κ3) is 7.43. The number of benzene rings is 1. The third-order valence-corrected chi connectivity index (χ3v) is 3.00. The molecule has 0 saturated carbocycles. The van der Waals surface area contributed by atoms with E-state index in [2.05, 4.69) is 17.2 Å². The molecule has 0 aliphatic rings.